The number of rotatable bonds is 4. The van der Waals surface area contributed by atoms with Crippen molar-refractivity contribution in [1.82, 2.24) is 4.90 Å². The van der Waals surface area contributed by atoms with Gasteiger partial charge in [0.25, 0.3) is 0 Å². The lowest BCUT2D eigenvalue weighted by atomic mass is 10.1. The Morgan fingerprint density at radius 3 is 2.76 bits per heavy atom. The van der Waals surface area contributed by atoms with Gasteiger partial charge in [-0.2, -0.15) is 0 Å². The molecule has 2 saturated heterocycles. The molecule has 0 radical (unpaired) electrons. The summed E-state index contributed by atoms with van der Waals surface area (Å²) in [6.07, 6.45) is 3.53. The first-order valence-electron chi connectivity index (χ1n) is 6.26. The average Bonchev–Trinajstić information content (AvgIpc) is 2.87. The third-order valence-electron chi connectivity index (χ3n) is 3.53. The van der Waals surface area contributed by atoms with Crippen LogP contribution in [0.3, 0.4) is 0 Å². The van der Waals surface area contributed by atoms with E-state index in [0.29, 0.717) is 19.5 Å². The van der Waals surface area contributed by atoms with Crippen molar-refractivity contribution in [1.29, 1.82) is 0 Å². The molecule has 2 aliphatic rings. The summed E-state index contributed by atoms with van der Waals surface area (Å²) < 4.78 is 5.43. The van der Waals surface area contributed by atoms with E-state index in [1.54, 1.807) is 4.90 Å². The number of carbonyl (C=O) groups is 2. The van der Waals surface area contributed by atoms with Crippen LogP contribution in [0.4, 0.5) is 0 Å². The fourth-order valence-corrected chi connectivity index (χ4v) is 2.60. The fraction of sp³-hybridized carbons (Fsp3) is 0.833. The smallest absolute Gasteiger partial charge is 0.303 e. The average molecular weight is 241 g/mol. The summed E-state index contributed by atoms with van der Waals surface area (Å²) in [6, 6.07) is 0. The van der Waals surface area contributed by atoms with Gasteiger partial charge in [0.2, 0.25) is 5.91 Å². The van der Waals surface area contributed by atoms with Crippen LogP contribution in [-0.2, 0) is 14.3 Å². The Kier molecular flexibility index (Phi) is 3.99. The number of carboxylic acid groups (broad SMARTS) is 1. The predicted octanol–water partition coefficient (Wildman–Crippen LogP) is 0.879. The maximum atomic E-state index is 11.9. The van der Waals surface area contributed by atoms with Crippen LogP contribution in [0, 0.1) is 5.92 Å². The Labute approximate surface area is 101 Å². The number of aliphatic carboxylic acids is 1. The largest absolute Gasteiger partial charge is 0.481 e. The Morgan fingerprint density at radius 1 is 1.29 bits per heavy atom. The molecular formula is C12H19NO4. The molecule has 5 heteroatoms. The summed E-state index contributed by atoms with van der Waals surface area (Å²) in [5, 5.41) is 8.71. The number of carboxylic acids is 1. The summed E-state index contributed by atoms with van der Waals surface area (Å²) in [7, 11) is 0. The Morgan fingerprint density at radius 2 is 2.12 bits per heavy atom. The van der Waals surface area contributed by atoms with Crippen molar-refractivity contribution in [2.75, 3.05) is 19.7 Å². The molecule has 0 aliphatic carbocycles. The number of likely N-dealkylation sites (tertiary alicyclic amines) is 1. The summed E-state index contributed by atoms with van der Waals surface area (Å²) in [4.78, 5) is 24.3. The highest BCUT2D eigenvalue weighted by Crippen LogP contribution is 2.22. The van der Waals surface area contributed by atoms with E-state index >= 15 is 0 Å². The van der Waals surface area contributed by atoms with Crippen LogP contribution in [0.5, 0.6) is 0 Å². The van der Waals surface area contributed by atoms with Crippen LogP contribution in [0.1, 0.15) is 32.1 Å². The van der Waals surface area contributed by atoms with Crippen LogP contribution in [0.2, 0.25) is 0 Å². The number of carbonyl (C=O) groups excluding carboxylic acids is 1. The van der Waals surface area contributed by atoms with Gasteiger partial charge in [-0.05, 0) is 25.2 Å². The zero-order valence-corrected chi connectivity index (χ0v) is 9.93. The third kappa shape index (κ3) is 3.43. The molecule has 2 atom stereocenters. The molecule has 2 rings (SSSR count). The van der Waals surface area contributed by atoms with Crippen molar-refractivity contribution < 1.29 is 19.4 Å². The molecule has 0 bridgehead atoms. The lowest BCUT2D eigenvalue weighted by Gasteiger charge is -2.18. The normalized spacial score (nSPS) is 28.6. The minimum Gasteiger partial charge on any atom is -0.481 e. The van der Waals surface area contributed by atoms with Gasteiger partial charge in [0.05, 0.1) is 12.5 Å². The third-order valence-corrected chi connectivity index (χ3v) is 3.53. The van der Waals surface area contributed by atoms with Crippen molar-refractivity contribution in [3.05, 3.63) is 0 Å². The number of nitrogens with zero attached hydrogens (tertiary/aromatic N) is 1. The first-order chi connectivity index (χ1) is 8.15. The highest BCUT2D eigenvalue weighted by Gasteiger charge is 2.29. The van der Waals surface area contributed by atoms with Crippen molar-refractivity contribution in [3.8, 4) is 0 Å². The molecule has 0 aromatic rings. The van der Waals surface area contributed by atoms with E-state index in [9.17, 15) is 9.59 Å². The van der Waals surface area contributed by atoms with Gasteiger partial charge in [-0.3, -0.25) is 9.59 Å². The SMILES string of the molecule is O=C(O)CC1CCN(C(=O)CC2CCCO2)C1. The van der Waals surface area contributed by atoms with Gasteiger partial charge < -0.3 is 14.7 Å². The van der Waals surface area contributed by atoms with E-state index in [1.807, 2.05) is 0 Å². The molecule has 0 spiro atoms. The molecule has 0 aromatic carbocycles. The van der Waals surface area contributed by atoms with E-state index < -0.39 is 5.97 Å². The molecule has 0 saturated carbocycles. The van der Waals surface area contributed by atoms with E-state index in [-0.39, 0.29) is 24.3 Å². The molecule has 2 unspecified atom stereocenters. The van der Waals surface area contributed by atoms with Gasteiger partial charge in [-0.15, -0.1) is 0 Å². The van der Waals surface area contributed by atoms with Crippen LogP contribution >= 0.6 is 0 Å². The summed E-state index contributed by atoms with van der Waals surface area (Å²) >= 11 is 0. The second kappa shape index (κ2) is 5.49. The van der Waals surface area contributed by atoms with Gasteiger partial charge in [-0.25, -0.2) is 0 Å². The Hall–Kier alpha value is -1.10. The second-order valence-electron chi connectivity index (χ2n) is 4.93. The van der Waals surface area contributed by atoms with Crippen molar-refractivity contribution in [2.24, 2.45) is 5.92 Å². The summed E-state index contributed by atoms with van der Waals surface area (Å²) in [5.41, 5.74) is 0. The van der Waals surface area contributed by atoms with E-state index in [0.717, 1.165) is 25.9 Å². The number of ether oxygens (including phenoxy) is 1. The van der Waals surface area contributed by atoms with Crippen molar-refractivity contribution in [2.45, 2.75) is 38.2 Å². The maximum absolute atomic E-state index is 11.9. The van der Waals surface area contributed by atoms with Gasteiger partial charge in [0.1, 0.15) is 0 Å². The van der Waals surface area contributed by atoms with Gasteiger partial charge in [0, 0.05) is 26.1 Å². The topological polar surface area (TPSA) is 66.8 Å². The molecule has 2 aliphatic heterocycles. The van der Waals surface area contributed by atoms with Crippen LogP contribution < -0.4 is 0 Å². The standard InChI is InChI=1S/C12H19NO4/c14-11(7-10-2-1-5-17-10)13-4-3-9(8-13)6-12(15)16/h9-10H,1-8H2,(H,15,16). The molecule has 96 valence electrons. The summed E-state index contributed by atoms with van der Waals surface area (Å²) in [5.74, 6) is -0.533. The predicted molar refractivity (Wildman–Crippen MR) is 60.5 cm³/mol. The zero-order valence-electron chi connectivity index (χ0n) is 9.93. The summed E-state index contributed by atoms with van der Waals surface area (Å²) in [6.45, 7) is 2.06. The molecule has 0 aromatic heterocycles. The van der Waals surface area contributed by atoms with Crippen LogP contribution in [0.25, 0.3) is 0 Å². The molecule has 5 nitrogen and oxygen atoms in total. The van der Waals surface area contributed by atoms with Crippen molar-refractivity contribution in [3.63, 3.8) is 0 Å². The van der Waals surface area contributed by atoms with Gasteiger partial charge >= 0.3 is 5.97 Å². The minimum absolute atomic E-state index is 0.0843. The van der Waals surface area contributed by atoms with Crippen molar-refractivity contribution >= 4 is 11.9 Å². The molecule has 1 N–H and O–H groups in total. The molecular weight excluding hydrogens is 222 g/mol. The second-order valence-corrected chi connectivity index (χ2v) is 4.93. The molecule has 17 heavy (non-hydrogen) atoms. The fourth-order valence-electron chi connectivity index (χ4n) is 2.60. The van der Waals surface area contributed by atoms with Crippen LogP contribution in [0.15, 0.2) is 0 Å². The lowest BCUT2D eigenvalue weighted by Crippen LogP contribution is -2.31. The minimum atomic E-state index is -0.775. The first-order valence-corrected chi connectivity index (χ1v) is 6.26. The molecule has 2 heterocycles. The monoisotopic (exact) mass is 241 g/mol. The Balaban J connectivity index is 1.75. The molecule has 1 amide bonds. The Bertz CT molecular complexity index is 299. The zero-order chi connectivity index (χ0) is 12.3. The maximum Gasteiger partial charge on any atom is 0.303 e. The highest BCUT2D eigenvalue weighted by atomic mass is 16.5. The van der Waals surface area contributed by atoms with Crippen LogP contribution in [-0.4, -0.2) is 47.7 Å². The quantitative estimate of drug-likeness (QED) is 0.793. The highest BCUT2D eigenvalue weighted by molar-refractivity contribution is 5.77. The lowest BCUT2D eigenvalue weighted by molar-refractivity contribution is -0.138. The van der Waals surface area contributed by atoms with Gasteiger partial charge in [0.15, 0.2) is 0 Å². The van der Waals surface area contributed by atoms with E-state index in [2.05, 4.69) is 0 Å². The van der Waals surface area contributed by atoms with Gasteiger partial charge in [-0.1, -0.05) is 0 Å². The number of hydrogen-bond acceptors (Lipinski definition) is 3. The molecule has 2 fully saturated rings. The number of hydrogen-bond donors (Lipinski definition) is 1. The first kappa shape index (κ1) is 12.4. The van der Waals surface area contributed by atoms with E-state index in [4.69, 9.17) is 9.84 Å². The van der Waals surface area contributed by atoms with E-state index in [1.165, 1.54) is 0 Å². The number of amides is 1.